The van der Waals surface area contributed by atoms with E-state index in [1.54, 1.807) is 0 Å². The number of hydrogen-bond acceptors (Lipinski definition) is 4. The number of sulfone groups is 1. The van der Waals surface area contributed by atoms with Gasteiger partial charge in [-0.25, -0.2) is 8.42 Å². The van der Waals surface area contributed by atoms with Gasteiger partial charge in [-0.2, -0.15) is 0 Å². The molecule has 1 aromatic rings. The lowest BCUT2D eigenvalue weighted by Crippen LogP contribution is -2.49. The maximum Gasteiger partial charge on any atom is 0.254 e. The number of hydrogen-bond donors (Lipinski definition) is 1. The Bertz CT molecular complexity index is 672. The summed E-state index contributed by atoms with van der Waals surface area (Å²) in [6.45, 7) is 0.744. The fourth-order valence-electron chi connectivity index (χ4n) is 1.92. The summed E-state index contributed by atoms with van der Waals surface area (Å²) in [5.41, 5.74) is 0.199. The van der Waals surface area contributed by atoms with Gasteiger partial charge in [0.15, 0.2) is 9.84 Å². The molecule has 1 saturated heterocycles. The molecule has 2 amide bonds. The Morgan fingerprint density at radius 1 is 1.40 bits per heavy atom. The van der Waals surface area contributed by atoms with E-state index in [1.807, 2.05) is 0 Å². The van der Waals surface area contributed by atoms with E-state index in [2.05, 4.69) is 5.32 Å². The molecule has 0 aromatic heterocycles. The summed E-state index contributed by atoms with van der Waals surface area (Å²) in [5.74, 6) is -0.622. The van der Waals surface area contributed by atoms with E-state index in [-0.39, 0.29) is 33.8 Å². The fourth-order valence-corrected chi connectivity index (χ4v) is 3.22. The van der Waals surface area contributed by atoms with Gasteiger partial charge < -0.3 is 10.2 Å². The second-order valence-electron chi connectivity index (χ2n) is 4.49. The standard InChI is InChI=1S/C12H13ClN2O4S/c1-20(18,19)10-6-8(2-3-9(10)13)12(17)15-5-4-14-11(16)7-15/h2-3,6H,4-5,7H2,1H3,(H,14,16). The number of nitrogens with zero attached hydrogens (tertiary/aromatic N) is 1. The van der Waals surface area contributed by atoms with Crippen molar-refractivity contribution in [2.45, 2.75) is 4.90 Å². The number of carbonyl (C=O) groups is 2. The van der Waals surface area contributed by atoms with Crippen LogP contribution in [0.15, 0.2) is 23.1 Å². The van der Waals surface area contributed by atoms with Gasteiger partial charge in [0, 0.05) is 24.9 Å². The van der Waals surface area contributed by atoms with Gasteiger partial charge in [0.1, 0.15) is 0 Å². The van der Waals surface area contributed by atoms with Gasteiger partial charge in [-0.15, -0.1) is 0 Å². The first kappa shape index (κ1) is 14.8. The molecule has 0 bridgehead atoms. The van der Waals surface area contributed by atoms with Crippen LogP contribution in [-0.2, 0) is 14.6 Å². The third-order valence-corrected chi connectivity index (χ3v) is 4.48. The lowest BCUT2D eigenvalue weighted by molar-refractivity contribution is -0.123. The zero-order chi connectivity index (χ0) is 14.9. The zero-order valence-electron chi connectivity index (χ0n) is 10.7. The normalized spacial score (nSPS) is 15.9. The number of amides is 2. The number of halogens is 1. The molecule has 0 radical (unpaired) electrons. The van der Waals surface area contributed by atoms with Crippen molar-refractivity contribution in [2.24, 2.45) is 0 Å². The minimum atomic E-state index is -3.51. The summed E-state index contributed by atoms with van der Waals surface area (Å²) in [6, 6.07) is 4.06. The summed E-state index contributed by atoms with van der Waals surface area (Å²) in [6.07, 6.45) is 1.02. The third-order valence-electron chi connectivity index (χ3n) is 2.90. The summed E-state index contributed by atoms with van der Waals surface area (Å²) in [5, 5.41) is 2.68. The predicted molar refractivity (Wildman–Crippen MR) is 73.5 cm³/mol. The van der Waals surface area contributed by atoms with Crippen LogP contribution in [0.4, 0.5) is 0 Å². The van der Waals surface area contributed by atoms with Crippen molar-refractivity contribution < 1.29 is 18.0 Å². The lowest BCUT2D eigenvalue weighted by atomic mass is 10.2. The summed E-state index contributed by atoms with van der Waals surface area (Å²) >= 11 is 5.83. The first-order valence-electron chi connectivity index (χ1n) is 5.84. The van der Waals surface area contributed by atoms with E-state index in [9.17, 15) is 18.0 Å². The molecular formula is C12H13ClN2O4S. The highest BCUT2D eigenvalue weighted by Gasteiger charge is 2.24. The van der Waals surface area contributed by atoms with Crippen molar-refractivity contribution in [3.63, 3.8) is 0 Å². The van der Waals surface area contributed by atoms with Crippen molar-refractivity contribution in [3.8, 4) is 0 Å². The molecule has 0 saturated carbocycles. The fraction of sp³-hybridized carbons (Fsp3) is 0.333. The van der Waals surface area contributed by atoms with E-state index >= 15 is 0 Å². The molecule has 0 spiro atoms. The minimum Gasteiger partial charge on any atom is -0.353 e. The number of rotatable bonds is 2. The molecule has 1 heterocycles. The lowest BCUT2D eigenvalue weighted by Gasteiger charge is -2.26. The topological polar surface area (TPSA) is 83.6 Å². The Hall–Kier alpha value is -1.60. The van der Waals surface area contributed by atoms with Crippen molar-refractivity contribution in [2.75, 3.05) is 25.9 Å². The first-order valence-corrected chi connectivity index (χ1v) is 8.11. The van der Waals surface area contributed by atoms with Crippen LogP contribution in [-0.4, -0.2) is 51.0 Å². The first-order chi connectivity index (χ1) is 9.29. The molecule has 8 heteroatoms. The molecule has 20 heavy (non-hydrogen) atoms. The largest absolute Gasteiger partial charge is 0.353 e. The van der Waals surface area contributed by atoms with E-state index in [1.165, 1.54) is 23.1 Å². The van der Waals surface area contributed by atoms with E-state index in [0.717, 1.165) is 6.26 Å². The third kappa shape index (κ3) is 3.10. The molecule has 6 nitrogen and oxygen atoms in total. The smallest absolute Gasteiger partial charge is 0.254 e. The van der Waals surface area contributed by atoms with Crippen LogP contribution in [0.3, 0.4) is 0 Å². The quantitative estimate of drug-likeness (QED) is 0.851. The minimum absolute atomic E-state index is 0.0321. The molecule has 0 atom stereocenters. The molecule has 0 aliphatic carbocycles. The average Bonchev–Trinajstić information content (AvgIpc) is 2.37. The van der Waals surface area contributed by atoms with Gasteiger partial charge in [0.2, 0.25) is 5.91 Å². The second-order valence-corrected chi connectivity index (χ2v) is 6.89. The molecule has 1 fully saturated rings. The van der Waals surface area contributed by atoms with Gasteiger partial charge in [0.25, 0.3) is 5.91 Å². The van der Waals surface area contributed by atoms with Crippen LogP contribution in [0.5, 0.6) is 0 Å². The Kier molecular flexibility index (Phi) is 4.01. The van der Waals surface area contributed by atoms with Crippen LogP contribution in [0.1, 0.15) is 10.4 Å². The predicted octanol–water partition coefficient (Wildman–Crippen LogP) is 0.316. The summed E-state index contributed by atoms with van der Waals surface area (Å²) in [4.78, 5) is 24.8. The molecule has 1 aliphatic rings. The Balaban J connectivity index is 2.33. The molecular weight excluding hydrogens is 304 g/mol. The maximum atomic E-state index is 12.2. The van der Waals surface area contributed by atoms with E-state index in [0.29, 0.717) is 13.1 Å². The summed E-state index contributed by atoms with van der Waals surface area (Å²) in [7, 11) is -3.51. The Morgan fingerprint density at radius 2 is 2.10 bits per heavy atom. The molecule has 0 unspecified atom stereocenters. The van der Waals surface area contributed by atoms with Gasteiger partial charge in [0.05, 0.1) is 16.5 Å². The number of carbonyl (C=O) groups excluding carboxylic acids is 2. The van der Waals surface area contributed by atoms with E-state index < -0.39 is 9.84 Å². The van der Waals surface area contributed by atoms with Gasteiger partial charge in [-0.3, -0.25) is 9.59 Å². The van der Waals surface area contributed by atoms with Crippen LogP contribution in [0.2, 0.25) is 5.02 Å². The summed E-state index contributed by atoms with van der Waals surface area (Å²) < 4.78 is 23.2. The van der Waals surface area contributed by atoms with Gasteiger partial charge in [-0.05, 0) is 18.2 Å². The van der Waals surface area contributed by atoms with Gasteiger partial charge in [-0.1, -0.05) is 11.6 Å². The van der Waals surface area contributed by atoms with Gasteiger partial charge >= 0.3 is 0 Å². The zero-order valence-corrected chi connectivity index (χ0v) is 12.3. The number of benzene rings is 1. The molecule has 2 rings (SSSR count). The van der Waals surface area contributed by atoms with Crippen molar-refractivity contribution in [1.29, 1.82) is 0 Å². The SMILES string of the molecule is CS(=O)(=O)c1cc(C(=O)N2CCNC(=O)C2)ccc1Cl. The maximum absolute atomic E-state index is 12.2. The number of nitrogens with one attached hydrogen (secondary N) is 1. The van der Waals surface area contributed by atoms with E-state index in [4.69, 9.17) is 11.6 Å². The van der Waals surface area contributed by atoms with Crippen LogP contribution in [0.25, 0.3) is 0 Å². The highest BCUT2D eigenvalue weighted by Crippen LogP contribution is 2.23. The average molecular weight is 317 g/mol. The Morgan fingerprint density at radius 3 is 2.70 bits per heavy atom. The Labute approximate surface area is 121 Å². The van der Waals surface area contributed by atoms with Crippen LogP contribution < -0.4 is 5.32 Å². The van der Waals surface area contributed by atoms with Crippen molar-refractivity contribution >= 4 is 33.3 Å². The van der Waals surface area contributed by atoms with Crippen LogP contribution >= 0.6 is 11.6 Å². The van der Waals surface area contributed by atoms with Crippen LogP contribution in [0, 0.1) is 0 Å². The highest BCUT2D eigenvalue weighted by atomic mass is 35.5. The number of piperazine rings is 1. The molecule has 1 aliphatic heterocycles. The second kappa shape index (κ2) is 5.41. The molecule has 1 aromatic carbocycles. The molecule has 108 valence electrons. The monoisotopic (exact) mass is 316 g/mol. The van der Waals surface area contributed by atoms with Crippen molar-refractivity contribution in [3.05, 3.63) is 28.8 Å². The highest BCUT2D eigenvalue weighted by molar-refractivity contribution is 7.90. The molecule has 1 N–H and O–H groups in total. The van der Waals surface area contributed by atoms with Crippen molar-refractivity contribution in [1.82, 2.24) is 10.2 Å².